The quantitative estimate of drug-likeness (QED) is 0.102. The van der Waals surface area contributed by atoms with Gasteiger partial charge in [0.1, 0.15) is 0 Å². The van der Waals surface area contributed by atoms with Crippen LogP contribution in [0.2, 0.25) is 0 Å². The average molecular weight is 1340 g/mol. The van der Waals surface area contributed by atoms with E-state index in [-0.39, 0.29) is 92.1 Å². The molecule has 0 radical (unpaired) electrons. The fraction of sp³-hybridized carbons (Fsp3) is 0.429. The van der Waals surface area contributed by atoms with Gasteiger partial charge in [-0.05, 0) is 18.6 Å². The van der Waals surface area contributed by atoms with Crippen molar-refractivity contribution in [2.24, 2.45) is 11.8 Å². The number of benzene rings is 1. The van der Waals surface area contributed by atoms with Crippen molar-refractivity contribution < 1.29 is 141 Å². The van der Waals surface area contributed by atoms with Gasteiger partial charge in [-0.2, -0.15) is 23.9 Å². The Balaban J connectivity index is -0.000000231. The smallest absolute Gasteiger partial charge is 0.677 e. The van der Waals surface area contributed by atoms with Crippen LogP contribution in [0.1, 0.15) is 81.5 Å². The maximum atomic E-state index is 10.9. The number of amides is 5. The first kappa shape index (κ1) is 71.8. The molecule has 0 bridgehead atoms. The summed E-state index contributed by atoms with van der Waals surface area (Å²) in [5.41, 5.74) is 15.2. The van der Waals surface area contributed by atoms with Crippen LogP contribution in [0.3, 0.4) is 0 Å². The first-order valence-electron chi connectivity index (χ1n) is 19.9. The van der Waals surface area contributed by atoms with Gasteiger partial charge in [-0.15, -0.1) is 0 Å². The Morgan fingerprint density at radius 1 is 0.580 bits per heavy atom. The van der Waals surface area contributed by atoms with E-state index >= 15 is 0 Å². The number of carboxylic acids is 7. The zero-order valence-electron chi connectivity index (χ0n) is 37.1. The van der Waals surface area contributed by atoms with E-state index in [4.69, 9.17) is 76.3 Å². The van der Waals surface area contributed by atoms with E-state index in [9.17, 15) is 33.6 Å². The van der Waals surface area contributed by atoms with Gasteiger partial charge in [0.2, 0.25) is 0 Å². The first-order chi connectivity index (χ1) is 31.1. The molecule has 390 valence electrons. The molecular weight excluding hydrogens is 1280 g/mol. The largest absolute Gasteiger partial charge is 2.00 e. The van der Waals surface area contributed by atoms with Crippen LogP contribution in [0.4, 0.5) is 4.79 Å². The number of aliphatic carboxylic acids is 6. The summed E-state index contributed by atoms with van der Waals surface area (Å²) in [5, 5.41) is 63.9. The number of carbonyl (C=O) groups is 12. The van der Waals surface area contributed by atoms with E-state index in [2.05, 4.69) is 19.2 Å². The maximum Gasteiger partial charge on any atom is 2.00 e. The molecule has 4 atom stereocenters. The fourth-order valence-electron chi connectivity index (χ4n) is 4.96. The molecule has 11 N–H and O–H groups in total. The maximum absolute atomic E-state index is 10.9. The third-order valence-electron chi connectivity index (χ3n) is 8.39. The first-order valence-corrected chi connectivity index (χ1v) is 19.9. The van der Waals surface area contributed by atoms with Gasteiger partial charge in [0, 0.05) is 57.3 Å². The van der Waals surface area contributed by atoms with Gasteiger partial charge < -0.3 is 71.5 Å². The molecular formula is C42H57N5O20Pt2. The van der Waals surface area contributed by atoms with E-state index in [1.54, 1.807) is 30.3 Å². The SMILES string of the molecule is CC(=O)O.O=C(O)C(=O)O.O=C(O)C(=O)O.O=C(O)CCCN1C(=O)C=CC1=O.O=C(O)NCCN1C(=O)C=CC1=O.O=C(O)c1ccccc1.[CH2-][C@@H]1CCCC[C@H]1[NH-].[CH2-][C@@H]1CCCC[C@H]1[NH-].[Pt+2].[Pt+2]. The molecule has 2 saturated carbocycles. The van der Waals surface area contributed by atoms with Crippen LogP contribution in [0.25, 0.3) is 11.5 Å². The standard InChI is InChI=1S/C8H9NO4.C7H8N2O4.2C7H13N.C7H6O2.2C2H2O4.C2H4O2.2Pt/c10-6-3-4-7(11)9(6)5-1-2-8(12)13;10-5-1-2-6(11)9(5)4-3-8-7(12)13;2*1-6-4-2-3-5-7(6)8;8-7(9)6-4-2-1-3-5-6;2*3-1(4)2(5)6;1-2(3)4;;/h3-4H,1-2,5H2,(H,12,13);1-2,8H,3-4H2,(H,12,13);2*6-8H,1-5H2;1-5H,(H,8,9);2*(H,3,4)(H,5,6);1H3,(H,3,4);;/q;;2*-2;;;;;2*+2/t;;2*6-,7-;;;;;;/m..11....../s1. The van der Waals surface area contributed by atoms with Crippen molar-refractivity contribution in [2.75, 3.05) is 19.6 Å². The van der Waals surface area contributed by atoms with Gasteiger partial charge in [0.15, 0.2) is 0 Å². The summed E-state index contributed by atoms with van der Waals surface area (Å²) < 4.78 is 0. The molecule has 2 aliphatic carbocycles. The second kappa shape index (κ2) is 42.0. The number of hydrogen-bond donors (Lipinski definition) is 9. The summed E-state index contributed by atoms with van der Waals surface area (Å²) in [5.74, 6) is -10.6. The molecule has 5 amide bonds. The molecule has 2 heterocycles. The minimum atomic E-state index is -1.82. The number of nitrogens with zero attached hydrogens (tertiary/aromatic N) is 2. The minimum absolute atomic E-state index is 0. The van der Waals surface area contributed by atoms with Gasteiger partial charge >= 0.3 is 84.0 Å². The Kier molecular flexibility index (Phi) is 43.7. The average Bonchev–Trinajstić information content (AvgIpc) is 3.75. The number of carbonyl (C=O) groups excluding carboxylic acids is 4. The Morgan fingerprint density at radius 3 is 1.13 bits per heavy atom. The monoisotopic (exact) mass is 1340 g/mol. The molecule has 1 aromatic carbocycles. The van der Waals surface area contributed by atoms with Crippen LogP contribution in [0.5, 0.6) is 0 Å². The number of imide groups is 2. The number of rotatable bonds is 8. The van der Waals surface area contributed by atoms with Crippen LogP contribution in [-0.2, 0) is 90.1 Å². The van der Waals surface area contributed by atoms with Crippen LogP contribution >= 0.6 is 0 Å². The zero-order chi connectivity index (χ0) is 52.2. The van der Waals surface area contributed by atoms with Crippen LogP contribution < -0.4 is 5.32 Å². The zero-order valence-corrected chi connectivity index (χ0v) is 41.7. The Bertz CT molecular complexity index is 1700. The molecule has 25 nitrogen and oxygen atoms in total. The Labute approximate surface area is 425 Å². The normalized spacial score (nSPS) is 17.8. The topological polar surface area (TPSA) is 433 Å². The summed E-state index contributed by atoms with van der Waals surface area (Å²) in [7, 11) is 0. The van der Waals surface area contributed by atoms with Gasteiger partial charge in [-0.3, -0.25) is 38.6 Å². The van der Waals surface area contributed by atoms with Gasteiger partial charge in [0.05, 0.1) is 5.56 Å². The fourth-order valence-corrected chi connectivity index (χ4v) is 4.96. The van der Waals surface area contributed by atoms with Crippen molar-refractivity contribution >= 4 is 71.5 Å². The molecule has 5 rings (SSSR count). The summed E-state index contributed by atoms with van der Waals surface area (Å²) >= 11 is 0. The molecule has 4 aliphatic rings. The second-order valence-electron chi connectivity index (χ2n) is 13.8. The van der Waals surface area contributed by atoms with Gasteiger partial charge in [-0.25, -0.2) is 28.8 Å². The summed E-state index contributed by atoms with van der Waals surface area (Å²) in [4.78, 5) is 121. The molecule has 2 aliphatic heterocycles. The van der Waals surface area contributed by atoms with E-state index in [1.807, 2.05) is 0 Å². The number of carboxylic acid groups (broad SMARTS) is 8. The van der Waals surface area contributed by atoms with Gasteiger partial charge in [-0.1, -0.05) is 69.6 Å². The van der Waals surface area contributed by atoms with Crippen molar-refractivity contribution in [3.05, 3.63) is 85.5 Å². The van der Waals surface area contributed by atoms with Crippen LogP contribution in [0.15, 0.2) is 54.6 Å². The van der Waals surface area contributed by atoms with Crippen LogP contribution in [0, 0.1) is 25.7 Å². The number of hydrogen-bond acceptors (Lipinski definition) is 12. The van der Waals surface area contributed by atoms with Crippen molar-refractivity contribution in [1.29, 1.82) is 0 Å². The molecule has 0 aromatic heterocycles. The van der Waals surface area contributed by atoms with Crippen molar-refractivity contribution in [3.8, 4) is 0 Å². The molecule has 0 spiro atoms. The molecule has 1 aromatic rings. The van der Waals surface area contributed by atoms with Crippen molar-refractivity contribution in [3.63, 3.8) is 0 Å². The predicted molar refractivity (Wildman–Crippen MR) is 233 cm³/mol. The third-order valence-corrected chi connectivity index (χ3v) is 8.39. The number of nitrogens with one attached hydrogen (secondary N) is 3. The minimum Gasteiger partial charge on any atom is -0.677 e. The van der Waals surface area contributed by atoms with Crippen LogP contribution in [-0.4, -0.2) is 154 Å². The number of aromatic carboxylic acids is 1. The Morgan fingerprint density at radius 2 is 0.899 bits per heavy atom. The predicted octanol–water partition coefficient (Wildman–Crippen LogP) is 3.60. The van der Waals surface area contributed by atoms with E-state index in [1.165, 1.54) is 50.7 Å². The summed E-state index contributed by atoms with van der Waals surface area (Å²) in [6, 6.07) is 8.58. The second-order valence-corrected chi connectivity index (χ2v) is 13.8. The van der Waals surface area contributed by atoms with Crippen molar-refractivity contribution in [2.45, 2.75) is 83.2 Å². The third kappa shape index (κ3) is 40.6. The molecule has 0 unspecified atom stereocenters. The molecule has 27 heteroatoms. The molecule has 69 heavy (non-hydrogen) atoms. The van der Waals surface area contributed by atoms with E-state index in [0.29, 0.717) is 23.8 Å². The summed E-state index contributed by atoms with van der Waals surface area (Å²) in [6.07, 6.45) is 13.4. The van der Waals surface area contributed by atoms with E-state index in [0.717, 1.165) is 41.7 Å². The molecule has 0 saturated heterocycles. The summed E-state index contributed by atoms with van der Waals surface area (Å²) in [6.45, 7) is 9.16. The van der Waals surface area contributed by atoms with Gasteiger partial charge in [0.25, 0.3) is 29.6 Å². The Hall–Kier alpha value is -6.16. The molecule has 2 fully saturated rings. The van der Waals surface area contributed by atoms with E-state index < -0.39 is 59.7 Å². The van der Waals surface area contributed by atoms with Crippen molar-refractivity contribution in [1.82, 2.24) is 15.1 Å².